The highest BCUT2D eigenvalue weighted by Gasteiger charge is 2.10. The van der Waals surface area contributed by atoms with Crippen LogP contribution in [0.5, 0.6) is 0 Å². The maximum atomic E-state index is 12.0. The van der Waals surface area contributed by atoms with Gasteiger partial charge in [-0.05, 0) is 71.0 Å². The summed E-state index contributed by atoms with van der Waals surface area (Å²) < 4.78 is 17.9. The van der Waals surface area contributed by atoms with Crippen molar-refractivity contribution in [3.05, 3.63) is 0 Å². The zero-order chi connectivity index (χ0) is 36.4. The summed E-state index contributed by atoms with van der Waals surface area (Å²) in [5.74, 6) is 0.00847. The van der Waals surface area contributed by atoms with Crippen LogP contribution in [-0.4, -0.2) is 56.6 Å². The molecule has 0 aliphatic carbocycles. The Hall–Kier alpha value is -0.650. The molecule has 0 bridgehead atoms. The van der Waals surface area contributed by atoms with E-state index in [1.165, 1.54) is 193 Å². The minimum absolute atomic E-state index is 0.00847. The maximum absolute atomic E-state index is 12.0. The van der Waals surface area contributed by atoms with Crippen LogP contribution < -0.4 is 0 Å². The van der Waals surface area contributed by atoms with E-state index >= 15 is 0 Å². The van der Waals surface area contributed by atoms with Crippen molar-refractivity contribution in [2.24, 2.45) is 0 Å². The first-order valence-electron chi connectivity index (χ1n) is 22.8. The molecule has 0 saturated heterocycles. The van der Waals surface area contributed by atoms with Crippen LogP contribution in [0.2, 0.25) is 0 Å². The van der Waals surface area contributed by atoms with E-state index in [0.29, 0.717) is 13.0 Å². The third-order valence-electron chi connectivity index (χ3n) is 10.3. The fourth-order valence-electron chi connectivity index (χ4n) is 6.82. The second-order valence-corrected chi connectivity index (χ2v) is 15.3. The Morgan fingerprint density at radius 2 is 0.780 bits per heavy atom. The molecule has 0 aromatic heterocycles. The Kier molecular flexibility index (Phi) is 42.2. The Labute approximate surface area is 314 Å². The minimum Gasteiger partial charge on any atom is -0.466 e. The van der Waals surface area contributed by atoms with Crippen LogP contribution in [0.4, 0.5) is 0 Å². The topological polar surface area (TPSA) is 48.0 Å². The molecule has 0 rings (SSSR count). The van der Waals surface area contributed by atoms with Crippen molar-refractivity contribution in [3.8, 4) is 0 Å². The second kappa shape index (κ2) is 42.8. The molecular weight excluding hydrogens is 618 g/mol. The van der Waals surface area contributed by atoms with E-state index in [-0.39, 0.29) is 12.3 Å². The summed E-state index contributed by atoms with van der Waals surface area (Å²) in [6.07, 6.45) is 41.4. The van der Waals surface area contributed by atoms with E-state index in [2.05, 4.69) is 32.6 Å². The molecule has 0 radical (unpaired) electrons. The number of ether oxygens (including phenoxy) is 3. The van der Waals surface area contributed by atoms with Gasteiger partial charge in [-0.1, -0.05) is 182 Å². The van der Waals surface area contributed by atoms with Crippen LogP contribution in [0.3, 0.4) is 0 Å². The van der Waals surface area contributed by atoms with Crippen molar-refractivity contribution in [1.82, 2.24) is 4.90 Å². The molecule has 0 atom stereocenters. The van der Waals surface area contributed by atoms with Gasteiger partial charge in [0.2, 0.25) is 0 Å². The van der Waals surface area contributed by atoms with Gasteiger partial charge in [0.15, 0.2) is 6.29 Å². The van der Waals surface area contributed by atoms with E-state index in [1.807, 2.05) is 0 Å². The molecule has 0 heterocycles. The Morgan fingerprint density at radius 3 is 1.22 bits per heavy atom. The molecule has 0 aliphatic rings. The van der Waals surface area contributed by atoms with E-state index in [9.17, 15) is 4.79 Å². The summed E-state index contributed by atoms with van der Waals surface area (Å²) in [6.45, 7) is 15.1. The van der Waals surface area contributed by atoms with Crippen LogP contribution in [-0.2, 0) is 19.0 Å². The molecule has 0 fully saturated rings. The summed E-state index contributed by atoms with van der Waals surface area (Å²) >= 11 is 0. The van der Waals surface area contributed by atoms with Crippen LogP contribution in [0.25, 0.3) is 0 Å². The maximum Gasteiger partial charge on any atom is 0.305 e. The van der Waals surface area contributed by atoms with Crippen molar-refractivity contribution in [1.29, 1.82) is 0 Å². The van der Waals surface area contributed by atoms with Crippen LogP contribution >= 0.6 is 0 Å². The smallest absolute Gasteiger partial charge is 0.305 e. The van der Waals surface area contributed by atoms with E-state index in [0.717, 1.165) is 45.4 Å². The molecular formula is C45H91NO4. The molecule has 0 aromatic rings. The van der Waals surface area contributed by atoms with E-state index < -0.39 is 0 Å². The first kappa shape index (κ1) is 49.4. The summed E-state index contributed by atoms with van der Waals surface area (Å²) in [4.78, 5) is 14.6. The minimum atomic E-state index is 0.00847. The lowest BCUT2D eigenvalue weighted by molar-refractivity contribution is -0.148. The van der Waals surface area contributed by atoms with Gasteiger partial charge in [-0.2, -0.15) is 0 Å². The van der Waals surface area contributed by atoms with Gasteiger partial charge in [0.05, 0.1) is 6.61 Å². The summed E-state index contributed by atoms with van der Waals surface area (Å²) in [5, 5.41) is 0. The number of esters is 1. The van der Waals surface area contributed by atoms with Gasteiger partial charge in [0.25, 0.3) is 0 Å². The van der Waals surface area contributed by atoms with Crippen LogP contribution in [0.15, 0.2) is 0 Å². The van der Waals surface area contributed by atoms with Gasteiger partial charge in [-0.3, -0.25) is 4.79 Å². The van der Waals surface area contributed by atoms with Gasteiger partial charge in [-0.25, -0.2) is 0 Å². The fourth-order valence-corrected chi connectivity index (χ4v) is 6.82. The van der Waals surface area contributed by atoms with Crippen molar-refractivity contribution in [2.45, 2.75) is 246 Å². The summed E-state index contributed by atoms with van der Waals surface area (Å²) in [6, 6.07) is 0. The first-order valence-corrected chi connectivity index (χ1v) is 22.8. The lowest BCUT2D eigenvalue weighted by atomic mass is 10.1. The predicted octanol–water partition coefficient (Wildman–Crippen LogP) is 14.1. The van der Waals surface area contributed by atoms with Crippen molar-refractivity contribution in [3.63, 3.8) is 0 Å². The molecule has 300 valence electrons. The molecule has 0 N–H and O–H groups in total. The Balaban J connectivity index is 3.78. The average molecular weight is 710 g/mol. The van der Waals surface area contributed by atoms with Gasteiger partial charge < -0.3 is 19.1 Å². The number of carbonyl (C=O) groups is 1. The van der Waals surface area contributed by atoms with E-state index in [4.69, 9.17) is 14.2 Å². The quantitative estimate of drug-likeness (QED) is 0.0358. The predicted molar refractivity (Wildman–Crippen MR) is 218 cm³/mol. The van der Waals surface area contributed by atoms with Gasteiger partial charge >= 0.3 is 5.97 Å². The number of unbranched alkanes of at least 4 members (excludes halogenated alkanes) is 26. The zero-order valence-corrected chi connectivity index (χ0v) is 34.7. The van der Waals surface area contributed by atoms with Crippen LogP contribution in [0.1, 0.15) is 240 Å². The normalized spacial score (nSPS) is 11.7. The van der Waals surface area contributed by atoms with Crippen molar-refractivity contribution < 1.29 is 19.0 Å². The monoisotopic (exact) mass is 710 g/mol. The van der Waals surface area contributed by atoms with Gasteiger partial charge in [0, 0.05) is 19.6 Å². The molecule has 0 aliphatic heterocycles. The van der Waals surface area contributed by atoms with E-state index in [1.54, 1.807) is 0 Å². The first-order chi connectivity index (χ1) is 24.7. The molecule has 0 unspecified atom stereocenters. The van der Waals surface area contributed by atoms with Crippen molar-refractivity contribution >= 4 is 5.97 Å². The number of hydrogen-bond donors (Lipinski definition) is 0. The van der Waals surface area contributed by atoms with Crippen molar-refractivity contribution in [2.75, 3.05) is 39.5 Å². The van der Waals surface area contributed by atoms with Gasteiger partial charge in [-0.15, -0.1) is 0 Å². The lowest BCUT2D eigenvalue weighted by Crippen LogP contribution is -2.25. The Morgan fingerprint density at radius 1 is 0.420 bits per heavy atom. The van der Waals surface area contributed by atoms with Gasteiger partial charge in [0.1, 0.15) is 0 Å². The summed E-state index contributed by atoms with van der Waals surface area (Å²) in [5.41, 5.74) is 0. The number of hydrogen-bond acceptors (Lipinski definition) is 5. The zero-order valence-electron chi connectivity index (χ0n) is 34.7. The highest BCUT2D eigenvalue weighted by Crippen LogP contribution is 2.15. The number of carbonyl (C=O) groups excluding carboxylic acids is 1. The summed E-state index contributed by atoms with van der Waals surface area (Å²) in [7, 11) is 0. The highest BCUT2D eigenvalue weighted by molar-refractivity contribution is 5.69. The molecule has 0 saturated carbocycles. The third-order valence-corrected chi connectivity index (χ3v) is 10.3. The third kappa shape index (κ3) is 38.6. The molecule has 0 aromatic carbocycles. The molecule has 50 heavy (non-hydrogen) atoms. The SMILES string of the molecule is CCCCCCCCCOC(=O)CCCCCCCN(CC)CCCCCCCCCC(OCCCCCCCC)OCCCCCCCC. The standard InChI is InChI=1S/C45H91NO4/c1-5-9-12-15-21-29-34-41-48-44(47)37-30-23-22-26-33-40-46(8-4)39-32-25-20-18-19-24-31-38-45(49-42-35-27-16-13-10-6-2)50-43-36-28-17-14-11-7-3/h45H,5-43H2,1-4H3. The van der Waals surface area contributed by atoms with Crippen LogP contribution in [0, 0.1) is 0 Å². The largest absolute Gasteiger partial charge is 0.466 e. The molecule has 5 nitrogen and oxygen atoms in total. The average Bonchev–Trinajstić information content (AvgIpc) is 3.12. The number of rotatable bonds is 43. The Bertz CT molecular complexity index is 627. The highest BCUT2D eigenvalue weighted by atomic mass is 16.7. The molecule has 0 spiro atoms. The second-order valence-electron chi connectivity index (χ2n) is 15.3. The lowest BCUT2D eigenvalue weighted by Gasteiger charge is -2.20. The molecule has 5 heteroatoms. The molecule has 0 amide bonds. The fraction of sp³-hybridized carbons (Fsp3) is 0.978. The number of nitrogens with zero attached hydrogens (tertiary/aromatic N) is 1.